The molecule has 1 aromatic heterocycles. The van der Waals surface area contributed by atoms with Gasteiger partial charge >= 0.3 is 5.97 Å². The number of rotatable bonds is 4. The van der Waals surface area contributed by atoms with E-state index < -0.39 is 17.8 Å². The predicted octanol–water partition coefficient (Wildman–Crippen LogP) is 4.62. The van der Waals surface area contributed by atoms with Crippen molar-refractivity contribution in [3.8, 4) is 0 Å². The highest BCUT2D eigenvalue weighted by molar-refractivity contribution is 6.31. The molecule has 9 heteroatoms. The monoisotopic (exact) mass is 423 g/mol. The molecule has 1 saturated heterocycles. The molecule has 6 nitrogen and oxygen atoms in total. The lowest BCUT2D eigenvalue weighted by Crippen LogP contribution is -2.29. The van der Waals surface area contributed by atoms with Crippen molar-refractivity contribution in [3.05, 3.63) is 52.2 Å². The smallest absolute Gasteiger partial charge is 0.335 e. The number of anilines is 2. The third-order valence-electron chi connectivity index (χ3n) is 4.76. The van der Waals surface area contributed by atoms with Gasteiger partial charge in [-0.1, -0.05) is 17.7 Å². The van der Waals surface area contributed by atoms with Crippen molar-refractivity contribution in [2.24, 2.45) is 0 Å². The fourth-order valence-corrected chi connectivity index (χ4v) is 3.33. The molecule has 0 spiro atoms. The lowest BCUT2D eigenvalue weighted by Gasteiger charge is -2.24. The zero-order valence-electron chi connectivity index (χ0n) is 15.7. The summed E-state index contributed by atoms with van der Waals surface area (Å²) in [6.45, 7) is 2.09. The average molecular weight is 424 g/mol. The van der Waals surface area contributed by atoms with Gasteiger partial charge in [0.1, 0.15) is 5.82 Å². The Balaban J connectivity index is 1.92. The number of amides is 1. The standard InChI is InChI=1S/C20H20ClF2N3O3/c1-12-16(21)11-15(17(24-12)26-8-3-6-20(22,23)7-9-26)18(27)25-14-5-2-4-13(10-14)19(28)29/h2,4-5,10-11H,3,6-9H2,1H3,(H,25,27)(H,28,29). The van der Waals surface area contributed by atoms with Crippen molar-refractivity contribution in [1.82, 2.24) is 4.98 Å². The third kappa shape index (κ3) is 5.00. The molecule has 3 rings (SSSR count). The third-order valence-corrected chi connectivity index (χ3v) is 5.14. The Hall–Kier alpha value is -2.74. The van der Waals surface area contributed by atoms with Crippen LogP contribution in [-0.4, -0.2) is 41.0 Å². The Morgan fingerprint density at radius 3 is 2.72 bits per heavy atom. The fourth-order valence-electron chi connectivity index (χ4n) is 3.18. The number of hydrogen-bond acceptors (Lipinski definition) is 4. The number of aryl methyl sites for hydroxylation is 1. The Kier molecular flexibility index (Phi) is 6.02. The second-order valence-corrected chi connectivity index (χ2v) is 7.37. The van der Waals surface area contributed by atoms with Crippen molar-refractivity contribution in [1.29, 1.82) is 0 Å². The van der Waals surface area contributed by atoms with Crippen LogP contribution in [0.5, 0.6) is 0 Å². The molecule has 29 heavy (non-hydrogen) atoms. The summed E-state index contributed by atoms with van der Waals surface area (Å²) in [5.41, 5.74) is 0.950. The van der Waals surface area contributed by atoms with Gasteiger partial charge in [-0.05, 0) is 37.6 Å². The molecule has 0 saturated carbocycles. The first kappa shape index (κ1) is 21.0. The number of nitrogens with zero attached hydrogens (tertiary/aromatic N) is 2. The van der Waals surface area contributed by atoms with Gasteiger partial charge in [-0.25, -0.2) is 18.6 Å². The zero-order chi connectivity index (χ0) is 21.2. The summed E-state index contributed by atoms with van der Waals surface area (Å²) in [5, 5.41) is 12.0. The summed E-state index contributed by atoms with van der Waals surface area (Å²) in [6, 6.07) is 7.26. The molecular formula is C20H20ClF2N3O3. The van der Waals surface area contributed by atoms with Gasteiger partial charge in [0.2, 0.25) is 5.92 Å². The highest BCUT2D eigenvalue weighted by Gasteiger charge is 2.33. The van der Waals surface area contributed by atoms with Crippen LogP contribution >= 0.6 is 11.6 Å². The van der Waals surface area contributed by atoms with Gasteiger partial charge in [0.05, 0.1) is 21.8 Å². The van der Waals surface area contributed by atoms with Crippen molar-refractivity contribution in [3.63, 3.8) is 0 Å². The summed E-state index contributed by atoms with van der Waals surface area (Å²) in [6.07, 6.45) is -0.254. The van der Waals surface area contributed by atoms with Crippen LogP contribution in [0.1, 0.15) is 45.7 Å². The van der Waals surface area contributed by atoms with Gasteiger partial charge in [0, 0.05) is 31.6 Å². The van der Waals surface area contributed by atoms with Gasteiger partial charge in [-0.2, -0.15) is 0 Å². The van der Waals surface area contributed by atoms with E-state index >= 15 is 0 Å². The first-order valence-corrected chi connectivity index (χ1v) is 9.49. The summed E-state index contributed by atoms with van der Waals surface area (Å²) in [4.78, 5) is 30.1. The number of pyridine rings is 1. The second kappa shape index (κ2) is 8.32. The van der Waals surface area contributed by atoms with E-state index in [2.05, 4.69) is 10.3 Å². The molecule has 1 aromatic carbocycles. The zero-order valence-corrected chi connectivity index (χ0v) is 16.5. The van der Waals surface area contributed by atoms with E-state index in [1.165, 1.54) is 24.3 Å². The van der Waals surface area contributed by atoms with Gasteiger partial charge in [-0.15, -0.1) is 0 Å². The van der Waals surface area contributed by atoms with Gasteiger partial charge in [0.15, 0.2) is 0 Å². The number of carbonyl (C=O) groups is 2. The quantitative estimate of drug-likeness (QED) is 0.749. The molecule has 0 bridgehead atoms. The number of benzene rings is 1. The second-order valence-electron chi connectivity index (χ2n) is 6.96. The van der Waals surface area contributed by atoms with Crippen molar-refractivity contribution in [2.45, 2.75) is 32.1 Å². The van der Waals surface area contributed by atoms with Crippen LogP contribution in [0.25, 0.3) is 0 Å². The molecule has 2 N–H and O–H groups in total. The minimum absolute atomic E-state index is 0.0258. The molecule has 0 unspecified atom stereocenters. The predicted molar refractivity (Wildman–Crippen MR) is 106 cm³/mol. The van der Waals surface area contributed by atoms with E-state index in [-0.39, 0.29) is 47.8 Å². The van der Waals surface area contributed by atoms with Crippen molar-refractivity contribution in [2.75, 3.05) is 23.3 Å². The van der Waals surface area contributed by atoms with E-state index in [1.54, 1.807) is 17.9 Å². The van der Waals surface area contributed by atoms with Crippen LogP contribution in [0.15, 0.2) is 30.3 Å². The summed E-state index contributed by atoms with van der Waals surface area (Å²) in [7, 11) is 0. The Bertz CT molecular complexity index is 953. The molecule has 2 heterocycles. The molecule has 0 radical (unpaired) electrons. The molecule has 1 aliphatic heterocycles. The highest BCUT2D eigenvalue weighted by Crippen LogP contribution is 2.32. The van der Waals surface area contributed by atoms with Gasteiger partial charge in [0.25, 0.3) is 5.91 Å². The number of carbonyl (C=O) groups excluding carboxylic acids is 1. The molecule has 154 valence electrons. The summed E-state index contributed by atoms with van der Waals surface area (Å²) in [5.74, 6) is -4.12. The maximum absolute atomic E-state index is 13.8. The average Bonchev–Trinajstić information content (AvgIpc) is 2.84. The van der Waals surface area contributed by atoms with Crippen LogP contribution in [0.4, 0.5) is 20.3 Å². The molecule has 0 atom stereocenters. The number of halogens is 3. The number of hydrogen-bond donors (Lipinski definition) is 2. The number of carboxylic acid groups (broad SMARTS) is 1. The van der Waals surface area contributed by atoms with Crippen LogP contribution in [0, 0.1) is 6.92 Å². The number of carboxylic acids is 1. The molecule has 1 amide bonds. The van der Waals surface area contributed by atoms with Gasteiger partial charge < -0.3 is 15.3 Å². The fraction of sp³-hybridized carbons (Fsp3) is 0.350. The van der Waals surface area contributed by atoms with Gasteiger partial charge in [-0.3, -0.25) is 4.79 Å². The number of alkyl halides is 2. The minimum Gasteiger partial charge on any atom is -0.478 e. The van der Waals surface area contributed by atoms with E-state index in [9.17, 15) is 18.4 Å². The normalized spacial score (nSPS) is 16.2. The maximum Gasteiger partial charge on any atom is 0.335 e. The first-order valence-electron chi connectivity index (χ1n) is 9.11. The molecule has 1 fully saturated rings. The molecule has 0 aliphatic carbocycles. The largest absolute Gasteiger partial charge is 0.478 e. The number of aromatic carboxylic acids is 1. The minimum atomic E-state index is -2.74. The summed E-state index contributed by atoms with van der Waals surface area (Å²) >= 11 is 6.16. The molecule has 1 aliphatic rings. The number of aromatic nitrogens is 1. The van der Waals surface area contributed by atoms with E-state index in [1.807, 2.05) is 0 Å². The molecular weight excluding hydrogens is 404 g/mol. The highest BCUT2D eigenvalue weighted by atomic mass is 35.5. The lowest BCUT2D eigenvalue weighted by atomic mass is 10.1. The Morgan fingerprint density at radius 1 is 1.24 bits per heavy atom. The Labute approximate surface area is 171 Å². The first-order chi connectivity index (χ1) is 13.7. The van der Waals surface area contributed by atoms with E-state index in [0.29, 0.717) is 17.9 Å². The van der Waals surface area contributed by atoms with E-state index in [4.69, 9.17) is 16.7 Å². The van der Waals surface area contributed by atoms with Crippen LogP contribution < -0.4 is 10.2 Å². The van der Waals surface area contributed by atoms with E-state index in [0.717, 1.165) is 0 Å². The Morgan fingerprint density at radius 2 is 2.00 bits per heavy atom. The lowest BCUT2D eigenvalue weighted by molar-refractivity contribution is -0.0102. The van der Waals surface area contributed by atoms with Crippen molar-refractivity contribution < 1.29 is 23.5 Å². The van der Waals surface area contributed by atoms with Crippen LogP contribution in [0.2, 0.25) is 5.02 Å². The molecule has 2 aromatic rings. The summed E-state index contributed by atoms with van der Waals surface area (Å²) < 4.78 is 27.5. The maximum atomic E-state index is 13.8. The number of nitrogens with one attached hydrogen (secondary N) is 1. The van der Waals surface area contributed by atoms with Crippen molar-refractivity contribution >= 4 is 35.0 Å². The van der Waals surface area contributed by atoms with Crippen LogP contribution in [-0.2, 0) is 0 Å². The van der Waals surface area contributed by atoms with Crippen LogP contribution in [0.3, 0.4) is 0 Å². The SMILES string of the molecule is Cc1nc(N2CCCC(F)(F)CC2)c(C(=O)Nc2cccc(C(=O)O)c2)cc1Cl. The topological polar surface area (TPSA) is 82.5 Å².